The third-order valence-electron chi connectivity index (χ3n) is 2.02. The van der Waals surface area contributed by atoms with Gasteiger partial charge in [-0.15, -0.1) is 0 Å². The number of oxime groups is 1. The minimum Gasteiger partial charge on any atom is -0.508 e. The topological polar surface area (TPSA) is 108 Å². The predicted octanol–water partition coefficient (Wildman–Crippen LogP) is 0.177. The summed E-state index contributed by atoms with van der Waals surface area (Å²) in [5.74, 6) is -0.300. The number of phenols is 1. The molecular formula is C10H13N3O3. The third kappa shape index (κ3) is 2.88. The Balaban J connectivity index is 2.70. The van der Waals surface area contributed by atoms with Gasteiger partial charge in [0, 0.05) is 5.56 Å². The summed E-state index contributed by atoms with van der Waals surface area (Å²) in [4.78, 5) is 11.5. The second-order valence-electron chi connectivity index (χ2n) is 3.28. The normalized spacial score (nSPS) is 11.2. The van der Waals surface area contributed by atoms with Gasteiger partial charge in [0.25, 0.3) is 5.91 Å². The molecule has 86 valence electrons. The van der Waals surface area contributed by atoms with Crippen molar-refractivity contribution in [1.82, 2.24) is 5.32 Å². The van der Waals surface area contributed by atoms with Gasteiger partial charge in [0.05, 0.1) is 6.54 Å². The van der Waals surface area contributed by atoms with E-state index in [2.05, 4.69) is 10.5 Å². The first-order chi connectivity index (χ1) is 7.54. The molecule has 0 aliphatic rings. The van der Waals surface area contributed by atoms with Crippen LogP contribution in [0.1, 0.15) is 15.9 Å². The lowest BCUT2D eigenvalue weighted by Gasteiger charge is -2.05. The summed E-state index contributed by atoms with van der Waals surface area (Å²) in [6, 6.07) is 4.48. The molecule has 0 aromatic heterocycles. The molecule has 1 amide bonds. The summed E-state index contributed by atoms with van der Waals surface area (Å²) in [5.41, 5.74) is 6.21. The molecule has 0 spiro atoms. The van der Waals surface area contributed by atoms with Crippen molar-refractivity contribution in [1.29, 1.82) is 0 Å². The molecule has 0 aliphatic carbocycles. The van der Waals surface area contributed by atoms with E-state index in [1.54, 1.807) is 13.0 Å². The van der Waals surface area contributed by atoms with Gasteiger partial charge in [0.1, 0.15) is 5.75 Å². The van der Waals surface area contributed by atoms with Gasteiger partial charge in [0.2, 0.25) is 0 Å². The lowest BCUT2D eigenvalue weighted by molar-refractivity contribution is 0.0959. The van der Waals surface area contributed by atoms with Gasteiger partial charge in [-0.2, -0.15) is 0 Å². The Morgan fingerprint density at radius 1 is 1.56 bits per heavy atom. The average Bonchev–Trinajstić information content (AvgIpc) is 2.29. The average molecular weight is 223 g/mol. The zero-order valence-electron chi connectivity index (χ0n) is 8.77. The molecule has 0 radical (unpaired) electrons. The van der Waals surface area contributed by atoms with Crippen LogP contribution in [0, 0.1) is 6.92 Å². The Labute approximate surface area is 92.4 Å². The number of carbonyl (C=O) groups is 1. The molecule has 1 rings (SSSR count). The molecule has 16 heavy (non-hydrogen) atoms. The van der Waals surface area contributed by atoms with Gasteiger partial charge >= 0.3 is 0 Å². The Kier molecular flexibility index (Phi) is 3.71. The zero-order chi connectivity index (χ0) is 12.1. The Morgan fingerprint density at radius 3 is 2.81 bits per heavy atom. The molecule has 6 heteroatoms. The maximum atomic E-state index is 11.5. The first-order valence-corrected chi connectivity index (χ1v) is 4.59. The molecule has 1 aromatic rings. The smallest absolute Gasteiger partial charge is 0.251 e. The van der Waals surface area contributed by atoms with Gasteiger partial charge in [-0.3, -0.25) is 4.79 Å². The number of hydrogen-bond donors (Lipinski definition) is 4. The Hall–Kier alpha value is -2.24. The summed E-state index contributed by atoms with van der Waals surface area (Å²) in [6.07, 6.45) is 0. The molecule has 0 unspecified atom stereocenters. The van der Waals surface area contributed by atoms with Crippen molar-refractivity contribution in [3.63, 3.8) is 0 Å². The minimum absolute atomic E-state index is 0.0325. The largest absolute Gasteiger partial charge is 0.508 e. The lowest BCUT2D eigenvalue weighted by atomic mass is 10.1. The van der Waals surface area contributed by atoms with E-state index in [4.69, 9.17) is 10.9 Å². The molecule has 0 saturated heterocycles. The summed E-state index contributed by atoms with van der Waals surface area (Å²) >= 11 is 0. The number of aryl methyl sites for hydroxylation is 1. The van der Waals surface area contributed by atoms with Crippen LogP contribution in [0.5, 0.6) is 5.75 Å². The second-order valence-corrected chi connectivity index (χ2v) is 3.28. The van der Waals surface area contributed by atoms with Crippen molar-refractivity contribution in [2.24, 2.45) is 10.9 Å². The van der Waals surface area contributed by atoms with Crippen molar-refractivity contribution in [3.8, 4) is 5.75 Å². The summed E-state index contributed by atoms with van der Waals surface area (Å²) in [6.45, 7) is 1.66. The summed E-state index contributed by atoms with van der Waals surface area (Å²) < 4.78 is 0. The zero-order valence-corrected chi connectivity index (χ0v) is 8.77. The number of nitrogens with one attached hydrogen (secondary N) is 1. The number of amides is 1. The van der Waals surface area contributed by atoms with Gasteiger partial charge in [-0.1, -0.05) is 5.16 Å². The van der Waals surface area contributed by atoms with Gasteiger partial charge in [0.15, 0.2) is 5.84 Å². The molecule has 0 aliphatic heterocycles. The van der Waals surface area contributed by atoms with E-state index in [-0.39, 0.29) is 24.0 Å². The van der Waals surface area contributed by atoms with E-state index in [0.717, 1.165) is 0 Å². The standard InChI is InChI=1S/C10H13N3O3/c1-6-4-7(2-3-8(6)14)10(15)12-5-9(11)13-16/h2-4,14,16H,5H2,1H3,(H2,11,13)(H,12,15). The van der Waals surface area contributed by atoms with Crippen LogP contribution in [0.25, 0.3) is 0 Å². The summed E-state index contributed by atoms with van der Waals surface area (Å²) in [7, 11) is 0. The minimum atomic E-state index is -0.352. The van der Waals surface area contributed by atoms with E-state index in [9.17, 15) is 9.90 Å². The lowest BCUT2D eigenvalue weighted by Crippen LogP contribution is -2.33. The van der Waals surface area contributed by atoms with Crippen molar-refractivity contribution < 1.29 is 15.1 Å². The van der Waals surface area contributed by atoms with Crippen molar-refractivity contribution in [2.45, 2.75) is 6.92 Å². The van der Waals surface area contributed by atoms with E-state index >= 15 is 0 Å². The van der Waals surface area contributed by atoms with Crippen LogP contribution < -0.4 is 11.1 Å². The van der Waals surface area contributed by atoms with Crippen LogP contribution in [0.15, 0.2) is 23.4 Å². The van der Waals surface area contributed by atoms with E-state index in [1.165, 1.54) is 12.1 Å². The molecule has 0 fully saturated rings. The number of carbonyl (C=O) groups excluding carboxylic acids is 1. The van der Waals surface area contributed by atoms with Gasteiger partial charge in [-0.25, -0.2) is 0 Å². The van der Waals surface area contributed by atoms with Crippen LogP contribution >= 0.6 is 0 Å². The quantitative estimate of drug-likeness (QED) is 0.253. The first-order valence-electron chi connectivity index (χ1n) is 4.59. The van der Waals surface area contributed by atoms with Crippen molar-refractivity contribution in [2.75, 3.05) is 6.54 Å². The molecule has 6 nitrogen and oxygen atoms in total. The molecule has 0 saturated carbocycles. The van der Waals surface area contributed by atoms with Gasteiger partial charge < -0.3 is 21.4 Å². The maximum absolute atomic E-state index is 11.5. The molecule has 5 N–H and O–H groups in total. The number of phenolic OH excluding ortho intramolecular Hbond substituents is 1. The number of nitrogens with two attached hydrogens (primary N) is 1. The number of nitrogens with zero attached hydrogens (tertiary/aromatic N) is 1. The number of hydrogen-bond acceptors (Lipinski definition) is 4. The molecule has 0 atom stereocenters. The molecule has 1 aromatic carbocycles. The summed E-state index contributed by atoms with van der Waals surface area (Å²) in [5, 5.41) is 22.7. The number of amidine groups is 1. The van der Waals surface area contributed by atoms with Crippen LogP contribution in [0.3, 0.4) is 0 Å². The highest BCUT2D eigenvalue weighted by atomic mass is 16.4. The van der Waals surface area contributed by atoms with Crippen LogP contribution in [0.4, 0.5) is 0 Å². The van der Waals surface area contributed by atoms with Crippen LogP contribution in [-0.4, -0.2) is 28.6 Å². The monoisotopic (exact) mass is 223 g/mol. The highest BCUT2D eigenvalue weighted by Gasteiger charge is 2.07. The predicted molar refractivity (Wildman–Crippen MR) is 58.6 cm³/mol. The van der Waals surface area contributed by atoms with Crippen molar-refractivity contribution >= 4 is 11.7 Å². The Morgan fingerprint density at radius 2 is 2.25 bits per heavy atom. The number of benzene rings is 1. The van der Waals surface area contributed by atoms with Crippen molar-refractivity contribution in [3.05, 3.63) is 29.3 Å². The van der Waals surface area contributed by atoms with E-state index in [0.29, 0.717) is 11.1 Å². The second kappa shape index (κ2) is 5.01. The highest BCUT2D eigenvalue weighted by molar-refractivity contribution is 5.97. The Bertz CT molecular complexity index is 429. The fourth-order valence-corrected chi connectivity index (χ4v) is 1.10. The first kappa shape index (κ1) is 11.8. The van der Waals surface area contributed by atoms with Crippen LogP contribution in [0.2, 0.25) is 0 Å². The number of rotatable bonds is 3. The molecule has 0 heterocycles. The van der Waals surface area contributed by atoms with E-state index in [1.807, 2.05) is 0 Å². The number of aromatic hydroxyl groups is 1. The fraction of sp³-hybridized carbons (Fsp3) is 0.200. The molecular weight excluding hydrogens is 210 g/mol. The SMILES string of the molecule is Cc1cc(C(=O)NC/C(N)=N/O)ccc1O. The third-order valence-corrected chi connectivity index (χ3v) is 2.02. The van der Waals surface area contributed by atoms with Crippen LogP contribution in [-0.2, 0) is 0 Å². The maximum Gasteiger partial charge on any atom is 0.251 e. The highest BCUT2D eigenvalue weighted by Crippen LogP contribution is 2.16. The fourth-order valence-electron chi connectivity index (χ4n) is 1.10. The van der Waals surface area contributed by atoms with E-state index < -0.39 is 0 Å². The van der Waals surface area contributed by atoms with Gasteiger partial charge in [-0.05, 0) is 30.7 Å². The molecule has 0 bridgehead atoms.